The molecule has 3 N–H and O–H groups in total. The second kappa shape index (κ2) is 7.75. The molecule has 0 spiro atoms. The molecule has 7 heteroatoms. The zero-order valence-electron chi connectivity index (χ0n) is 12.5. The van der Waals surface area contributed by atoms with E-state index in [-0.39, 0.29) is 23.7 Å². The van der Waals surface area contributed by atoms with Gasteiger partial charge in [-0.3, -0.25) is 4.79 Å². The minimum Gasteiger partial charge on any atom is -0.350 e. The summed E-state index contributed by atoms with van der Waals surface area (Å²) in [7, 11) is 0. The van der Waals surface area contributed by atoms with E-state index in [9.17, 15) is 4.79 Å². The van der Waals surface area contributed by atoms with Gasteiger partial charge in [-0.1, -0.05) is 34.5 Å². The Morgan fingerprint density at radius 3 is 2.57 bits per heavy atom. The lowest BCUT2D eigenvalue weighted by Crippen LogP contribution is -2.45. The molecule has 1 amide bonds. The highest BCUT2D eigenvalue weighted by molar-refractivity contribution is 9.10. The van der Waals surface area contributed by atoms with Crippen LogP contribution in [0.3, 0.4) is 0 Å². The van der Waals surface area contributed by atoms with Crippen LogP contribution < -0.4 is 11.1 Å². The number of carbonyl (C=O) groups excluding carboxylic acids is 1. The van der Waals surface area contributed by atoms with Crippen LogP contribution in [0.5, 0.6) is 0 Å². The summed E-state index contributed by atoms with van der Waals surface area (Å²) in [5.74, 6) is -0.112. The zero-order valence-corrected chi connectivity index (χ0v) is 15.8. The highest BCUT2D eigenvalue weighted by Crippen LogP contribution is 2.43. The summed E-state index contributed by atoms with van der Waals surface area (Å²) < 4.78 is 1.08. The van der Waals surface area contributed by atoms with Crippen LogP contribution in [0.25, 0.3) is 0 Å². The van der Waals surface area contributed by atoms with Gasteiger partial charge >= 0.3 is 0 Å². The number of hydrogen-bond acceptors (Lipinski definition) is 4. The summed E-state index contributed by atoms with van der Waals surface area (Å²) in [4.78, 5) is 16.5. The first-order chi connectivity index (χ1) is 10.6. The number of halogens is 2. The van der Waals surface area contributed by atoms with Gasteiger partial charge in [-0.05, 0) is 30.5 Å². The van der Waals surface area contributed by atoms with Gasteiger partial charge in [-0.15, -0.1) is 23.7 Å². The van der Waals surface area contributed by atoms with Gasteiger partial charge in [-0.25, -0.2) is 4.98 Å². The smallest absolute Gasteiger partial charge is 0.270 e. The molecule has 1 aliphatic carbocycles. The highest BCUT2D eigenvalue weighted by Gasteiger charge is 2.38. The molecule has 0 atom stereocenters. The van der Waals surface area contributed by atoms with Crippen molar-refractivity contribution in [3.05, 3.63) is 50.4 Å². The van der Waals surface area contributed by atoms with E-state index in [1.807, 2.05) is 0 Å². The first-order valence-corrected chi connectivity index (χ1v) is 8.99. The van der Waals surface area contributed by atoms with Crippen LogP contribution in [0.4, 0.5) is 0 Å². The lowest BCUT2D eigenvalue weighted by atomic mass is 9.64. The molecule has 4 nitrogen and oxygen atoms in total. The van der Waals surface area contributed by atoms with Crippen molar-refractivity contribution >= 4 is 45.6 Å². The van der Waals surface area contributed by atoms with Crippen LogP contribution >= 0.6 is 39.7 Å². The standard InChI is InChI=1S/C16H18BrN3OS.ClH/c17-12-4-2-11(3-5-12)16(6-1-7-16)10-19-15(21)13-9-22-14(8-18)20-13;/h2-5,9H,1,6-8,10,18H2,(H,19,21);1H. The van der Waals surface area contributed by atoms with Crippen molar-refractivity contribution < 1.29 is 4.79 Å². The Labute approximate surface area is 154 Å². The number of nitrogens with two attached hydrogens (primary N) is 1. The average Bonchev–Trinajstić information content (AvgIpc) is 2.96. The Morgan fingerprint density at radius 1 is 1.35 bits per heavy atom. The number of nitrogens with zero attached hydrogens (tertiary/aromatic N) is 1. The van der Waals surface area contributed by atoms with Gasteiger partial charge in [0.1, 0.15) is 10.7 Å². The van der Waals surface area contributed by atoms with Crippen molar-refractivity contribution in [2.24, 2.45) is 5.73 Å². The van der Waals surface area contributed by atoms with Crippen LogP contribution in [0.15, 0.2) is 34.1 Å². The molecule has 2 aromatic rings. The van der Waals surface area contributed by atoms with Gasteiger partial charge in [0.25, 0.3) is 5.91 Å². The number of hydrogen-bond donors (Lipinski definition) is 2. The van der Waals surface area contributed by atoms with Crippen molar-refractivity contribution in [2.45, 2.75) is 31.2 Å². The van der Waals surface area contributed by atoms with Crippen molar-refractivity contribution in [1.82, 2.24) is 10.3 Å². The second-order valence-electron chi connectivity index (χ2n) is 5.65. The summed E-state index contributed by atoms with van der Waals surface area (Å²) in [5.41, 5.74) is 7.37. The maximum Gasteiger partial charge on any atom is 0.270 e. The Kier molecular flexibility index (Phi) is 6.19. The number of benzene rings is 1. The van der Waals surface area contributed by atoms with E-state index in [1.165, 1.54) is 23.3 Å². The molecule has 23 heavy (non-hydrogen) atoms. The quantitative estimate of drug-likeness (QED) is 0.782. The first kappa shape index (κ1) is 18.4. The Morgan fingerprint density at radius 2 is 2.04 bits per heavy atom. The van der Waals surface area contributed by atoms with Crippen molar-refractivity contribution in [3.8, 4) is 0 Å². The molecule has 0 radical (unpaired) electrons. The lowest BCUT2D eigenvalue weighted by Gasteiger charge is -2.42. The summed E-state index contributed by atoms with van der Waals surface area (Å²) in [6, 6.07) is 8.41. The Balaban J connectivity index is 0.00000192. The van der Waals surface area contributed by atoms with Crippen molar-refractivity contribution in [3.63, 3.8) is 0 Å². The van der Waals surface area contributed by atoms with Gasteiger partial charge in [-0.2, -0.15) is 0 Å². The molecular formula is C16H19BrClN3OS. The van der Waals surface area contributed by atoms with E-state index in [0.717, 1.165) is 22.3 Å². The summed E-state index contributed by atoms with van der Waals surface area (Å²) in [5, 5.41) is 5.60. The molecule has 0 bridgehead atoms. The topological polar surface area (TPSA) is 68.0 Å². The first-order valence-electron chi connectivity index (χ1n) is 7.32. The highest BCUT2D eigenvalue weighted by atomic mass is 79.9. The molecule has 0 saturated heterocycles. The second-order valence-corrected chi connectivity index (χ2v) is 7.51. The van der Waals surface area contributed by atoms with E-state index in [2.05, 4.69) is 50.5 Å². The fraction of sp³-hybridized carbons (Fsp3) is 0.375. The molecule has 1 aromatic carbocycles. The van der Waals surface area contributed by atoms with Crippen LogP contribution in [-0.4, -0.2) is 17.4 Å². The van der Waals surface area contributed by atoms with Crippen LogP contribution in [-0.2, 0) is 12.0 Å². The van der Waals surface area contributed by atoms with Gasteiger partial charge in [0.05, 0.1) is 0 Å². The Bertz CT molecular complexity index is 670. The van der Waals surface area contributed by atoms with E-state index in [4.69, 9.17) is 5.73 Å². The number of aromatic nitrogens is 1. The molecule has 1 heterocycles. The van der Waals surface area contributed by atoms with Crippen molar-refractivity contribution in [1.29, 1.82) is 0 Å². The predicted molar refractivity (Wildman–Crippen MR) is 99.3 cm³/mol. The number of thiazole rings is 1. The van der Waals surface area contributed by atoms with Crippen LogP contribution in [0.1, 0.15) is 40.3 Å². The minimum atomic E-state index is -0.112. The maximum absolute atomic E-state index is 12.2. The minimum absolute atomic E-state index is 0. The van der Waals surface area contributed by atoms with Crippen LogP contribution in [0, 0.1) is 0 Å². The monoisotopic (exact) mass is 415 g/mol. The summed E-state index contributed by atoms with van der Waals surface area (Å²) >= 11 is 4.89. The van der Waals surface area contributed by atoms with E-state index < -0.39 is 0 Å². The van der Waals surface area contributed by atoms with Gasteiger partial charge in [0.2, 0.25) is 0 Å². The summed E-state index contributed by atoms with van der Waals surface area (Å²) in [6.45, 7) is 1.03. The molecule has 1 aliphatic rings. The normalized spacial score (nSPS) is 15.4. The number of amides is 1. The average molecular weight is 417 g/mol. The molecule has 1 aromatic heterocycles. The molecule has 0 unspecified atom stereocenters. The van der Waals surface area contributed by atoms with E-state index >= 15 is 0 Å². The number of rotatable bonds is 5. The lowest BCUT2D eigenvalue weighted by molar-refractivity contribution is 0.0923. The third-order valence-corrected chi connectivity index (χ3v) is 5.71. The van der Waals surface area contributed by atoms with Gasteiger partial charge < -0.3 is 11.1 Å². The van der Waals surface area contributed by atoms with Crippen LogP contribution in [0.2, 0.25) is 0 Å². The van der Waals surface area contributed by atoms with Crippen molar-refractivity contribution in [2.75, 3.05) is 6.54 Å². The number of carbonyl (C=O) groups is 1. The fourth-order valence-corrected chi connectivity index (χ4v) is 3.74. The zero-order chi connectivity index (χ0) is 15.6. The molecule has 0 aliphatic heterocycles. The SMILES string of the molecule is Cl.NCc1nc(C(=O)NCC2(c3ccc(Br)cc3)CCC2)cs1. The largest absolute Gasteiger partial charge is 0.350 e. The van der Waals surface area contributed by atoms with Gasteiger partial charge in [0.15, 0.2) is 0 Å². The van der Waals surface area contributed by atoms with E-state index in [0.29, 0.717) is 18.8 Å². The third-order valence-electron chi connectivity index (χ3n) is 4.31. The molecule has 1 saturated carbocycles. The third kappa shape index (κ3) is 3.94. The Hall–Kier alpha value is -0.950. The molecule has 3 rings (SSSR count). The molecular weight excluding hydrogens is 398 g/mol. The maximum atomic E-state index is 12.2. The van der Waals surface area contributed by atoms with E-state index in [1.54, 1.807) is 5.38 Å². The molecule has 1 fully saturated rings. The van der Waals surface area contributed by atoms with Gasteiger partial charge in [0, 0.05) is 28.4 Å². The fourth-order valence-electron chi connectivity index (χ4n) is 2.82. The summed E-state index contributed by atoms with van der Waals surface area (Å²) in [6.07, 6.45) is 3.43. The predicted octanol–water partition coefficient (Wildman–Crippen LogP) is 3.64. The number of nitrogens with one attached hydrogen (secondary N) is 1. The molecule has 124 valence electrons.